The van der Waals surface area contributed by atoms with Crippen molar-refractivity contribution in [3.05, 3.63) is 0 Å². The molecule has 2 atom stereocenters. The second-order valence-corrected chi connectivity index (χ2v) is 7.08. The van der Waals surface area contributed by atoms with E-state index in [9.17, 15) is 0 Å². The third kappa shape index (κ3) is 4.97. The third-order valence-electron chi connectivity index (χ3n) is 4.46. The summed E-state index contributed by atoms with van der Waals surface area (Å²) in [5.74, 6) is 1.51. The molecule has 0 bridgehead atoms. The fraction of sp³-hybridized carbons (Fsp3) is 1.00. The molecule has 2 unspecified atom stereocenters. The average molecular weight is 240 g/mol. The summed E-state index contributed by atoms with van der Waals surface area (Å²) in [5, 5.41) is 3.61. The van der Waals surface area contributed by atoms with Gasteiger partial charge in [-0.25, -0.2) is 0 Å². The van der Waals surface area contributed by atoms with Crippen LogP contribution in [-0.4, -0.2) is 37.1 Å². The van der Waals surface area contributed by atoms with Crippen molar-refractivity contribution < 1.29 is 0 Å². The van der Waals surface area contributed by atoms with Crippen molar-refractivity contribution in [2.75, 3.05) is 26.2 Å². The summed E-state index contributed by atoms with van der Waals surface area (Å²) >= 11 is 0. The van der Waals surface area contributed by atoms with Crippen LogP contribution < -0.4 is 5.32 Å². The van der Waals surface area contributed by atoms with Gasteiger partial charge in [-0.15, -0.1) is 0 Å². The summed E-state index contributed by atoms with van der Waals surface area (Å²) < 4.78 is 0. The molecule has 0 aliphatic carbocycles. The Hall–Kier alpha value is -0.0800. The molecule has 2 nitrogen and oxygen atoms in total. The summed E-state index contributed by atoms with van der Waals surface area (Å²) in [4.78, 5) is 2.68. The maximum atomic E-state index is 3.61. The van der Waals surface area contributed by atoms with Crippen LogP contribution in [0.3, 0.4) is 0 Å². The van der Waals surface area contributed by atoms with Crippen molar-refractivity contribution in [3.63, 3.8) is 0 Å². The monoisotopic (exact) mass is 240 g/mol. The molecule has 0 aromatic rings. The SMILES string of the molecule is CC1CNC(C)CCN(CC(C)(C)C(C)C)C1. The van der Waals surface area contributed by atoms with Gasteiger partial charge >= 0.3 is 0 Å². The highest BCUT2D eigenvalue weighted by Crippen LogP contribution is 2.27. The Morgan fingerprint density at radius 1 is 1.29 bits per heavy atom. The molecule has 1 rings (SSSR count). The van der Waals surface area contributed by atoms with Gasteiger partial charge in [0, 0.05) is 19.1 Å². The molecule has 1 fully saturated rings. The van der Waals surface area contributed by atoms with Crippen molar-refractivity contribution in [1.29, 1.82) is 0 Å². The van der Waals surface area contributed by atoms with Gasteiger partial charge in [-0.3, -0.25) is 0 Å². The lowest BCUT2D eigenvalue weighted by Crippen LogP contribution is -2.46. The summed E-state index contributed by atoms with van der Waals surface area (Å²) in [6, 6.07) is 0.669. The number of hydrogen-bond donors (Lipinski definition) is 1. The number of rotatable bonds is 3. The highest BCUT2D eigenvalue weighted by molar-refractivity contribution is 4.80. The average Bonchev–Trinajstić information content (AvgIpc) is 2.20. The van der Waals surface area contributed by atoms with Crippen molar-refractivity contribution >= 4 is 0 Å². The molecule has 1 N–H and O–H groups in total. The van der Waals surface area contributed by atoms with Crippen molar-refractivity contribution in [3.8, 4) is 0 Å². The van der Waals surface area contributed by atoms with E-state index in [0.29, 0.717) is 11.5 Å². The molecule has 1 aliphatic rings. The normalized spacial score (nSPS) is 29.1. The fourth-order valence-electron chi connectivity index (χ4n) is 2.38. The maximum Gasteiger partial charge on any atom is 0.00510 e. The predicted octanol–water partition coefficient (Wildman–Crippen LogP) is 2.99. The van der Waals surface area contributed by atoms with Crippen LogP contribution in [0, 0.1) is 17.3 Å². The van der Waals surface area contributed by atoms with Crippen molar-refractivity contribution in [2.45, 2.75) is 54.0 Å². The quantitative estimate of drug-likeness (QED) is 0.816. The minimum absolute atomic E-state index is 0.426. The third-order valence-corrected chi connectivity index (χ3v) is 4.46. The Kier molecular flexibility index (Phi) is 5.46. The standard InChI is InChI=1S/C15H32N2/c1-12(2)15(5,6)11-17-8-7-14(4)16-9-13(3)10-17/h12-14,16H,7-11H2,1-6H3. The summed E-state index contributed by atoms with van der Waals surface area (Å²) in [5.41, 5.74) is 0.426. The molecule has 0 amide bonds. The van der Waals surface area contributed by atoms with Crippen LogP contribution in [0.2, 0.25) is 0 Å². The maximum absolute atomic E-state index is 3.61. The summed E-state index contributed by atoms with van der Waals surface area (Å²) in [6.45, 7) is 19.1. The lowest BCUT2D eigenvalue weighted by Gasteiger charge is -2.38. The van der Waals surface area contributed by atoms with Gasteiger partial charge in [0.2, 0.25) is 0 Å². The zero-order valence-corrected chi connectivity index (χ0v) is 12.7. The zero-order valence-electron chi connectivity index (χ0n) is 12.7. The topological polar surface area (TPSA) is 15.3 Å². The second-order valence-electron chi connectivity index (χ2n) is 7.08. The van der Waals surface area contributed by atoms with Gasteiger partial charge in [0.05, 0.1) is 0 Å². The van der Waals surface area contributed by atoms with Gasteiger partial charge in [-0.2, -0.15) is 0 Å². The van der Waals surface area contributed by atoms with Gasteiger partial charge in [0.1, 0.15) is 0 Å². The van der Waals surface area contributed by atoms with E-state index in [2.05, 4.69) is 51.8 Å². The molecular weight excluding hydrogens is 208 g/mol. The smallest absolute Gasteiger partial charge is 0.00510 e. The molecular formula is C15H32N2. The minimum atomic E-state index is 0.426. The number of nitrogens with one attached hydrogen (secondary N) is 1. The number of nitrogens with zero attached hydrogens (tertiary/aromatic N) is 1. The van der Waals surface area contributed by atoms with Crippen LogP contribution in [0.25, 0.3) is 0 Å². The zero-order chi connectivity index (χ0) is 13.1. The minimum Gasteiger partial charge on any atom is -0.314 e. The number of hydrogen-bond acceptors (Lipinski definition) is 2. The Morgan fingerprint density at radius 2 is 1.94 bits per heavy atom. The molecule has 102 valence electrons. The van der Waals surface area contributed by atoms with E-state index in [1.54, 1.807) is 0 Å². The van der Waals surface area contributed by atoms with Gasteiger partial charge in [0.25, 0.3) is 0 Å². The highest BCUT2D eigenvalue weighted by atomic mass is 15.1. The van der Waals surface area contributed by atoms with E-state index in [1.807, 2.05) is 0 Å². The van der Waals surface area contributed by atoms with Crippen LogP contribution in [0.4, 0.5) is 0 Å². The van der Waals surface area contributed by atoms with E-state index in [1.165, 1.54) is 32.6 Å². The molecule has 1 heterocycles. The van der Waals surface area contributed by atoms with Gasteiger partial charge < -0.3 is 10.2 Å². The molecule has 2 heteroatoms. The largest absolute Gasteiger partial charge is 0.314 e. The van der Waals surface area contributed by atoms with Crippen LogP contribution in [0.15, 0.2) is 0 Å². The predicted molar refractivity (Wildman–Crippen MR) is 76.3 cm³/mol. The Bertz CT molecular complexity index is 223. The summed E-state index contributed by atoms with van der Waals surface area (Å²) in [6.07, 6.45) is 1.28. The first-order valence-corrected chi connectivity index (χ1v) is 7.27. The van der Waals surface area contributed by atoms with Crippen LogP contribution >= 0.6 is 0 Å². The van der Waals surface area contributed by atoms with Gasteiger partial charge in [-0.05, 0) is 43.7 Å². The van der Waals surface area contributed by atoms with E-state index < -0.39 is 0 Å². The Morgan fingerprint density at radius 3 is 2.53 bits per heavy atom. The van der Waals surface area contributed by atoms with E-state index in [0.717, 1.165) is 11.8 Å². The van der Waals surface area contributed by atoms with E-state index >= 15 is 0 Å². The van der Waals surface area contributed by atoms with Crippen molar-refractivity contribution in [1.82, 2.24) is 10.2 Å². The molecule has 1 aliphatic heterocycles. The van der Waals surface area contributed by atoms with Gasteiger partial charge in [0.15, 0.2) is 0 Å². The molecule has 0 aromatic carbocycles. The van der Waals surface area contributed by atoms with Crippen molar-refractivity contribution in [2.24, 2.45) is 17.3 Å². The van der Waals surface area contributed by atoms with E-state index in [-0.39, 0.29) is 0 Å². The Balaban J connectivity index is 2.55. The molecule has 0 aromatic heterocycles. The molecule has 0 radical (unpaired) electrons. The summed E-state index contributed by atoms with van der Waals surface area (Å²) in [7, 11) is 0. The Labute approximate surface area is 108 Å². The molecule has 0 spiro atoms. The molecule has 0 saturated carbocycles. The fourth-order valence-corrected chi connectivity index (χ4v) is 2.38. The van der Waals surface area contributed by atoms with Crippen LogP contribution in [0.5, 0.6) is 0 Å². The molecule has 1 saturated heterocycles. The first-order valence-electron chi connectivity index (χ1n) is 7.27. The lowest BCUT2D eigenvalue weighted by molar-refractivity contribution is 0.110. The second kappa shape index (κ2) is 6.19. The highest BCUT2D eigenvalue weighted by Gasteiger charge is 2.27. The van der Waals surface area contributed by atoms with Crippen LogP contribution in [0.1, 0.15) is 48.0 Å². The molecule has 17 heavy (non-hydrogen) atoms. The lowest BCUT2D eigenvalue weighted by atomic mass is 9.80. The van der Waals surface area contributed by atoms with Gasteiger partial charge in [-0.1, -0.05) is 34.6 Å². The van der Waals surface area contributed by atoms with Crippen LogP contribution in [-0.2, 0) is 0 Å². The van der Waals surface area contributed by atoms with E-state index in [4.69, 9.17) is 0 Å². The first kappa shape index (κ1) is 15.0. The first-order chi connectivity index (χ1) is 7.81.